The Kier molecular flexibility index (Phi) is 30.7. The number of thioether (sulfide) groups is 4. The minimum Gasteiger partial charge on any atom is -0.491 e. The summed E-state index contributed by atoms with van der Waals surface area (Å²) in [5, 5.41) is 43.3. The Balaban J connectivity index is 0.000000127. The van der Waals surface area contributed by atoms with E-state index in [4.69, 9.17) is 61.1 Å². The quantitative estimate of drug-likeness (QED) is 0.0515. The Morgan fingerprint density at radius 1 is 0.290 bits per heavy atom. The summed E-state index contributed by atoms with van der Waals surface area (Å²) >= 11 is 17.5. The molecular formula is C108H114Cl2N4O20S4. The summed E-state index contributed by atoms with van der Waals surface area (Å²) < 4.78 is 49.0. The second kappa shape index (κ2) is 42.5. The van der Waals surface area contributed by atoms with Gasteiger partial charge in [0.2, 0.25) is 46.3 Å². The number of aliphatic hydroxyl groups is 4. The zero-order valence-corrected chi connectivity index (χ0v) is 82.9. The molecule has 30 heteroatoms. The molecule has 8 heterocycles. The van der Waals surface area contributed by atoms with Crippen LogP contribution in [0.3, 0.4) is 0 Å². The van der Waals surface area contributed by atoms with E-state index in [1.165, 1.54) is 58.2 Å². The van der Waals surface area contributed by atoms with E-state index in [2.05, 4.69) is 85.4 Å². The van der Waals surface area contributed by atoms with Gasteiger partial charge in [-0.1, -0.05) is 186 Å². The second-order valence-corrected chi connectivity index (χ2v) is 44.1. The van der Waals surface area contributed by atoms with E-state index in [1.54, 1.807) is 97.1 Å². The number of piperidine rings is 4. The summed E-state index contributed by atoms with van der Waals surface area (Å²) in [6.07, 6.45) is 3.91. The van der Waals surface area contributed by atoms with E-state index < -0.39 is 70.7 Å². The van der Waals surface area contributed by atoms with E-state index in [-0.39, 0.29) is 59.7 Å². The Bertz CT molecular complexity index is 5690. The molecule has 4 fully saturated rings. The molecule has 0 aromatic heterocycles. The number of ether oxygens (including phenoxy) is 8. The van der Waals surface area contributed by atoms with Gasteiger partial charge in [-0.15, -0.1) is 47.0 Å². The number of hydrogen-bond donors (Lipinski definition) is 4. The largest absolute Gasteiger partial charge is 0.491 e. The molecule has 0 bridgehead atoms. The van der Waals surface area contributed by atoms with Crippen LogP contribution in [0.25, 0.3) is 23.0 Å². The zero-order valence-electron chi connectivity index (χ0n) is 78.1. The Morgan fingerprint density at radius 2 is 0.478 bits per heavy atom. The number of ketones is 8. The van der Waals surface area contributed by atoms with Crippen molar-refractivity contribution >= 4 is 140 Å². The number of fused-ring (bicyclic) bond motifs is 8. The van der Waals surface area contributed by atoms with Crippen LogP contribution < -0.4 is 18.9 Å². The first-order valence-corrected chi connectivity index (χ1v) is 51.7. The number of carbonyl (C=O) groups excluding carboxylic acids is 8. The highest BCUT2D eigenvalue weighted by Crippen LogP contribution is 2.53. The van der Waals surface area contributed by atoms with Crippen molar-refractivity contribution in [2.75, 3.05) is 128 Å². The molecule has 12 aliphatic rings. The van der Waals surface area contributed by atoms with E-state index in [0.717, 1.165) is 115 Å². The lowest BCUT2D eigenvalue weighted by atomic mass is 9.87. The van der Waals surface area contributed by atoms with Crippen LogP contribution in [0.15, 0.2) is 214 Å². The van der Waals surface area contributed by atoms with Gasteiger partial charge in [-0.25, -0.2) is 0 Å². The molecule has 138 heavy (non-hydrogen) atoms. The highest BCUT2D eigenvalue weighted by molar-refractivity contribution is 8.05. The van der Waals surface area contributed by atoms with Crippen molar-refractivity contribution in [1.29, 1.82) is 0 Å². The van der Waals surface area contributed by atoms with Gasteiger partial charge < -0.3 is 77.9 Å². The minimum atomic E-state index is -0.612. The molecule has 24 nitrogen and oxygen atoms in total. The van der Waals surface area contributed by atoms with Crippen molar-refractivity contribution in [2.45, 2.75) is 151 Å². The number of hydrogen-bond acceptors (Lipinski definition) is 28. The molecule has 0 radical (unpaired) electrons. The molecule has 4 aliphatic carbocycles. The van der Waals surface area contributed by atoms with Gasteiger partial charge in [0.15, 0.2) is 0 Å². The number of benzene rings is 8. The first kappa shape index (κ1) is 99.7. The molecule has 20 rings (SSSR count). The standard InChI is InChI=1S/2C29H33NO5S.2C25H24ClNO5S/c2*1-28(2,3)19-8-10-21(11-9-19)34-17-20(31)16-30-14-12-29(13-15-30)18-36-27-25(33)24(32)22-6-4-5-7-23(22)26(27)35-29;2*26-16-5-7-18(8-6-16)31-14-17(28)13-27-11-9-25(10-12-27)15-33-24-22(30)21(29)19-3-1-2-4-20(19)23(24)32-25/h2*4-11,20,31H,12-18H2,1-3H3;2*1-8,17,28H,9-15H2/t2*20-;2*17-/m1010/s1. The fraction of sp³-hybridized carbons (Fsp3) is 0.407. The summed E-state index contributed by atoms with van der Waals surface area (Å²) in [6, 6.07) is 59.0. The van der Waals surface area contributed by atoms with Gasteiger partial charge in [0.25, 0.3) is 0 Å². The molecule has 8 aliphatic heterocycles. The van der Waals surface area contributed by atoms with E-state index in [0.29, 0.717) is 158 Å². The van der Waals surface area contributed by atoms with Crippen LogP contribution in [0, 0.1) is 0 Å². The normalized spacial score (nSPS) is 20.7. The molecule has 8 aromatic rings. The van der Waals surface area contributed by atoms with Gasteiger partial charge in [-0.2, -0.15) is 0 Å². The molecule has 0 amide bonds. The number of carbonyl (C=O) groups is 8. The van der Waals surface area contributed by atoms with Gasteiger partial charge in [0.1, 0.15) is 139 Å². The predicted molar refractivity (Wildman–Crippen MR) is 538 cm³/mol. The molecule has 4 saturated heterocycles. The van der Waals surface area contributed by atoms with Crippen molar-refractivity contribution in [3.05, 3.63) is 279 Å². The van der Waals surface area contributed by atoms with E-state index in [1.807, 2.05) is 72.8 Å². The average molecular weight is 1990 g/mol. The van der Waals surface area contributed by atoms with Crippen molar-refractivity contribution in [1.82, 2.24) is 19.6 Å². The molecule has 0 saturated carbocycles. The fourth-order valence-electron chi connectivity index (χ4n) is 18.9. The van der Waals surface area contributed by atoms with Gasteiger partial charge >= 0.3 is 0 Å². The average Bonchev–Trinajstić information content (AvgIpc) is 0.754. The number of rotatable bonds is 20. The summed E-state index contributed by atoms with van der Waals surface area (Å²) in [7, 11) is 0. The third-order valence-electron chi connectivity index (χ3n) is 27.1. The van der Waals surface area contributed by atoms with Crippen LogP contribution in [-0.4, -0.2) is 261 Å². The van der Waals surface area contributed by atoms with E-state index in [9.17, 15) is 58.8 Å². The lowest BCUT2D eigenvalue weighted by Crippen LogP contribution is -2.51. The van der Waals surface area contributed by atoms with Crippen LogP contribution in [0.1, 0.15) is 168 Å². The number of nitrogens with zero attached hydrogens (tertiary/aromatic N) is 4. The minimum absolute atomic E-state index is 0.0929. The topological polar surface area (TPSA) is 304 Å². The van der Waals surface area contributed by atoms with Crippen molar-refractivity contribution in [3.63, 3.8) is 0 Å². The smallest absolute Gasteiger partial charge is 0.243 e. The number of Topliss-reactive ketones (excluding diaryl/α,β-unsaturated/α-hetero) is 8. The SMILES string of the molecule is CC(C)(C)c1ccc(OC[C@@H](O)CN2CCC3(CC2)CSC2=C(O3)c3ccccc3C(=O)C2=O)cc1.CC(C)(C)c1ccc(OC[C@H](O)CN2CCC3(CC2)CSC2=C(O3)c3ccccc3C(=O)C2=O)cc1.O=C1C(=O)c2ccccc2C2=C1SCC1(CCN(C[C@@H](O)COc3ccc(Cl)cc3)CC1)O2.O=C1C(=O)c2ccccc2C2=C1SCC1(CCN(C[C@H](O)COc3ccc(Cl)cc3)CC1)O2. The third-order valence-corrected chi connectivity index (χ3v) is 32.9. The van der Waals surface area contributed by atoms with Crippen LogP contribution in [-0.2, 0) is 49.0 Å². The zero-order chi connectivity index (χ0) is 97.0. The van der Waals surface area contributed by atoms with Gasteiger partial charge in [0.05, 0.1) is 0 Å². The molecule has 0 unspecified atom stereocenters. The fourth-order valence-corrected chi connectivity index (χ4v) is 24.2. The Hall–Kier alpha value is -9.86. The lowest BCUT2D eigenvalue weighted by molar-refractivity contribution is -0.112. The summed E-state index contributed by atoms with van der Waals surface area (Å²) in [5.74, 6) is 4.01. The van der Waals surface area contributed by atoms with Crippen LogP contribution in [0.2, 0.25) is 10.0 Å². The molecule has 4 N–H and O–H groups in total. The number of halogens is 2. The van der Waals surface area contributed by atoms with Gasteiger partial charge in [-0.3, -0.25) is 38.4 Å². The second-order valence-electron chi connectivity index (χ2n) is 39.3. The maximum absolute atomic E-state index is 12.6. The number of aliphatic hydroxyl groups excluding tert-OH is 4. The molecule has 4 atom stereocenters. The van der Waals surface area contributed by atoms with Crippen LogP contribution in [0.5, 0.6) is 23.0 Å². The summed E-state index contributed by atoms with van der Waals surface area (Å²) in [6.45, 7) is 22.3. The highest BCUT2D eigenvalue weighted by atomic mass is 35.5. The van der Waals surface area contributed by atoms with Crippen molar-refractivity contribution in [3.8, 4) is 23.0 Å². The van der Waals surface area contributed by atoms with Crippen LogP contribution >= 0.6 is 70.2 Å². The van der Waals surface area contributed by atoms with Crippen molar-refractivity contribution < 1.29 is 96.7 Å². The maximum atomic E-state index is 12.6. The first-order valence-electron chi connectivity index (χ1n) is 47.0. The Labute approximate surface area is 830 Å². The van der Waals surface area contributed by atoms with Gasteiger partial charge in [0, 0.05) is 207 Å². The molecular weight excluding hydrogens is 1870 g/mol. The summed E-state index contributed by atoms with van der Waals surface area (Å²) in [5.41, 5.74) is 5.72. The number of β-amino-alcohol motifs (C(OH)–C–C–N with tert-alkyl or cyclic N) is 4. The summed E-state index contributed by atoms with van der Waals surface area (Å²) in [4.78, 5) is 111. The van der Waals surface area contributed by atoms with E-state index >= 15 is 0 Å². The third kappa shape index (κ3) is 22.8. The van der Waals surface area contributed by atoms with Gasteiger partial charge in [-0.05, 0) is 94.8 Å². The monoisotopic (exact) mass is 1980 g/mol. The molecule has 724 valence electrons. The Morgan fingerprint density at radius 3 is 0.674 bits per heavy atom. The number of likely N-dealkylation sites (tertiary alicyclic amines) is 4. The maximum Gasteiger partial charge on any atom is 0.243 e. The molecule has 8 aromatic carbocycles. The predicted octanol–water partition coefficient (Wildman–Crippen LogP) is 16.5. The number of allylic oxidation sites excluding steroid dienone is 4. The first-order chi connectivity index (χ1) is 66.2. The highest BCUT2D eigenvalue weighted by Gasteiger charge is 2.52. The van der Waals surface area contributed by atoms with Crippen LogP contribution in [0.4, 0.5) is 0 Å². The lowest BCUT2D eigenvalue weighted by Gasteiger charge is -2.45. The van der Waals surface area contributed by atoms with Crippen molar-refractivity contribution in [2.24, 2.45) is 0 Å². The molecule has 4 spiro atoms.